The van der Waals surface area contributed by atoms with Crippen molar-refractivity contribution < 1.29 is 0 Å². The normalized spacial score (nSPS) is 10.4. The second-order valence-corrected chi connectivity index (χ2v) is 4.05. The summed E-state index contributed by atoms with van der Waals surface area (Å²) in [7, 11) is 0. The summed E-state index contributed by atoms with van der Waals surface area (Å²) < 4.78 is 0.648. The fourth-order valence-electron chi connectivity index (χ4n) is 0.825. The highest BCUT2D eigenvalue weighted by Gasteiger charge is 1.93. The predicted octanol–water partition coefficient (Wildman–Crippen LogP) is 1.96. The van der Waals surface area contributed by atoms with Gasteiger partial charge in [-0.05, 0) is 24.8 Å². The van der Waals surface area contributed by atoms with E-state index in [4.69, 9.17) is 12.2 Å². The Morgan fingerprint density at radius 1 is 1.71 bits per heavy atom. The van der Waals surface area contributed by atoms with Crippen molar-refractivity contribution in [1.82, 2.24) is 10.4 Å². The second kappa shape index (κ2) is 5.72. The third-order valence-electron chi connectivity index (χ3n) is 1.58. The van der Waals surface area contributed by atoms with E-state index in [1.165, 1.54) is 11.8 Å². The average Bonchev–Trinajstić information content (AvgIpc) is 2.20. The molecule has 0 unspecified atom stereocenters. The molecule has 0 radical (unpaired) electrons. The van der Waals surface area contributed by atoms with Gasteiger partial charge >= 0.3 is 0 Å². The van der Waals surface area contributed by atoms with E-state index in [0.29, 0.717) is 4.32 Å². The quantitative estimate of drug-likeness (QED) is 0.474. The number of hydrogen-bond donors (Lipinski definition) is 1. The van der Waals surface area contributed by atoms with Gasteiger partial charge in [0.15, 0.2) is 4.32 Å². The third-order valence-corrected chi connectivity index (χ3v) is 2.63. The van der Waals surface area contributed by atoms with Gasteiger partial charge < -0.3 is 0 Å². The Morgan fingerprint density at radius 3 is 3.14 bits per heavy atom. The van der Waals surface area contributed by atoms with Crippen molar-refractivity contribution in [2.24, 2.45) is 5.10 Å². The number of thioether (sulfide) groups is 1. The van der Waals surface area contributed by atoms with Crippen LogP contribution in [0.5, 0.6) is 0 Å². The summed E-state index contributed by atoms with van der Waals surface area (Å²) in [6.07, 6.45) is 5.30. The molecule has 0 aliphatic heterocycles. The Morgan fingerprint density at radius 2 is 2.50 bits per heavy atom. The minimum Gasteiger partial charge on any atom is -0.262 e. The Kier molecular flexibility index (Phi) is 4.55. The fourth-order valence-corrected chi connectivity index (χ4v) is 1.02. The summed E-state index contributed by atoms with van der Waals surface area (Å²) in [4.78, 5) is 4.16. The highest BCUT2D eigenvalue weighted by atomic mass is 32.2. The molecule has 0 aliphatic carbocycles. The van der Waals surface area contributed by atoms with E-state index >= 15 is 0 Å². The zero-order valence-electron chi connectivity index (χ0n) is 8.02. The largest absolute Gasteiger partial charge is 0.262 e. The van der Waals surface area contributed by atoms with Crippen LogP contribution in [0.2, 0.25) is 0 Å². The second-order valence-electron chi connectivity index (χ2n) is 2.57. The van der Waals surface area contributed by atoms with E-state index in [2.05, 4.69) is 15.5 Å². The average molecular weight is 225 g/mol. The topological polar surface area (TPSA) is 37.3 Å². The first-order chi connectivity index (χ1) is 6.74. The Hall–Kier alpha value is -0.940. The molecule has 1 aromatic heterocycles. The Balaban J connectivity index is 2.60. The van der Waals surface area contributed by atoms with E-state index in [0.717, 1.165) is 11.3 Å². The van der Waals surface area contributed by atoms with E-state index in [1.807, 2.05) is 25.3 Å². The number of hydrogen-bond acceptors (Lipinski definition) is 4. The number of nitrogens with one attached hydrogen (secondary N) is 1. The number of rotatable bonds is 2. The maximum atomic E-state index is 4.92. The van der Waals surface area contributed by atoms with Gasteiger partial charge in [0.2, 0.25) is 0 Å². The summed E-state index contributed by atoms with van der Waals surface area (Å²) in [5.74, 6) is 0. The molecule has 0 atom stereocenters. The molecule has 5 heteroatoms. The monoisotopic (exact) mass is 225 g/mol. The van der Waals surface area contributed by atoms with Gasteiger partial charge in [0, 0.05) is 6.20 Å². The van der Waals surface area contributed by atoms with Gasteiger partial charge in [-0.1, -0.05) is 30.0 Å². The lowest BCUT2D eigenvalue weighted by atomic mass is 10.2. The number of pyridine rings is 1. The third kappa shape index (κ3) is 3.43. The molecule has 1 aromatic rings. The van der Waals surface area contributed by atoms with Crippen molar-refractivity contribution in [3.63, 3.8) is 0 Å². The fraction of sp³-hybridized carbons (Fsp3) is 0.222. The van der Waals surface area contributed by atoms with Crippen molar-refractivity contribution in [3.05, 3.63) is 29.6 Å². The van der Waals surface area contributed by atoms with E-state index in [1.54, 1.807) is 12.4 Å². The molecular weight excluding hydrogens is 214 g/mol. The van der Waals surface area contributed by atoms with Crippen LogP contribution in [0, 0.1) is 6.92 Å². The number of hydrazone groups is 1. The summed E-state index contributed by atoms with van der Waals surface area (Å²) in [5.41, 5.74) is 4.67. The first kappa shape index (κ1) is 11.1. The van der Waals surface area contributed by atoms with E-state index in [9.17, 15) is 0 Å². The summed E-state index contributed by atoms with van der Waals surface area (Å²) >= 11 is 6.37. The minimum atomic E-state index is 0.648. The van der Waals surface area contributed by atoms with Crippen molar-refractivity contribution in [2.45, 2.75) is 6.92 Å². The van der Waals surface area contributed by atoms with Crippen molar-refractivity contribution in [3.8, 4) is 0 Å². The lowest BCUT2D eigenvalue weighted by Crippen LogP contribution is -2.10. The number of aromatic nitrogens is 1. The van der Waals surface area contributed by atoms with Crippen LogP contribution in [-0.4, -0.2) is 21.8 Å². The number of nitrogens with zero attached hydrogens (tertiary/aromatic N) is 2. The lowest BCUT2D eigenvalue weighted by molar-refractivity contribution is 1.07. The molecule has 0 spiro atoms. The molecule has 0 amide bonds. The van der Waals surface area contributed by atoms with Gasteiger partial charge in [-0.15, -0.1) is 0 Å². The first-order valence-electron chi connectivity index (χ1n) is 4.02. The van der Waals surface area contributed by atoms with Crippen LogP contribution in [0.15, 0.2) is 23.4 Å². The van der Waals surface area contributed by atoms with Crippen LogP contribution in [0.4, 0.5) is 0 Å². The van der Waals surface area contributed by atoms with Crippen LogP contribution < -0.4 is 5.43 Å². The molecule has 0 saturated heterocycles. The van der Waals surface area contributed by atoms with Crippen LogP contribution in [0.1, 0.15) is 11.3 Å². The first-order valence-corrected chi connectivity index (χ1v) is 5.66. The molecule has 1 heterocycles. The SMILES string of the molecule is CSC(=S)N/N=C/c1ncccc1C. The molecule has 0 aromatic carbocycles. The van der Waals surface area contributed by atoms with Crippen LogP contribution in [0.25, 0.3) is 0 Å². The van der Waals surface area contributed by atoms with Gasteiger partial charge in [0.25, 0.3) is 0 Å². The van der Waals surface area contributed by atoms with Gasteiger partial charge in [-0.2, -0.15) is 5.10 Å². The molecule has 0 saturated carbocycles. The highest BCUT2D eigenvalue weighted by molar-refractivity contribution is 8.22. The minimum absolute atomic E-state index is 0.648. The Bertz CT molecular complexity index is 350. The molecule has 0 fully saturated rings. The zero-order valence-corrected chi connectivity index (χ0v) is 9.65. The molecule has 0 bridgehead atoms. The molecule has 74 valence electrons. The van der Waals surface area contributed by atoms with Crippen LogP contribution in [0.3, 0.4) is 0 Å². The smallest absolute Gasteiger partial charge is 0.153 e. The van der Waals surface area contributed by atoms with Gasteiger partial charge in [-0.25, -0.2) is 0 Å². The molecule has 3 nitrogen and oxygen atoms in total. The van der Waals surface area contributed by atoms with E-state index in [-0.39, 0.29) is 0 Å². The van der Waals surface area contributed by atoms with Crippen molar-refractivity contribution in [2.75, 3.05) is 6.26 Å². The lowest BCUT2D eigenvalue weighted by Gasteiger charge is -1.98. The maximum absolute atomic E-state index is 4.92. The summed E-state index contributed by atoms with van der Waals surface area (Å²) in [6, 6.07) is 3.88. The van der Waals surface area contributed by atoms with Crippen molar-refractivity contribution in [1.29, 1.82) is 0 Å². The zero-order chi connectivity index (χ0) is 10.4. The van der Waals surface area contributed by atoms with Gasteiger partial charge in [0.1, 0.15) is 0 Å². The van der Waals surface area contributed by atoms with Gasteiger partial charge in [0.05, 0.1) is 11.9 Å². The summed E-state index contributed by atoms with van der Waals surface area (Å²) in [6.45, 7) is 1.99. The predicted molar refractivity (Wildman–Crippen MR) is 65.8 cm³/mol. The van der Waals surface area contributed by atoms with E-state index < -0.39 is 0 Å². The van der Waals surface area contributed by atoms with Gasteiger partial charge in [-0.3, -0.25) is 10.4 Å². The highest BCUT2D eigenvalue weighted by Crippen LogP contribution is 1.99. The summed E-state index contributed by atoms with van der Waals surface area (Å²) in [5, 5.41) is 3.97. The van der Waals surface area contributed by atoms with Crippen LogP contribution in [-0.2, 0) is 0 Å². The molecular formula is C9H11N3S2. The maximum Gasteiger partial charge on any atom is 0.153 e. The standard InChI is InChI=1S/C9H11N3S2/c1-7-4-3-5-10-8(7)6-11-12-9(13)14-2/h3-6H,1-2H3,(H,12,13)/b11-6+. The number of aryl methyl sites for hydroxylation is 1. The Labute approximate surface area is 93.0 Å². The molecule has 14 heavy (non-hydrogen) atoms. The molecule has 1 N–H and O–H groups in total. The molecule has 1 rings (SSSR count). The van der Waals surface area contributed by atoms with Crippen LogP contribution >= 0.6 is 24.0 Å². The van der Waals surface area contributed by atoms with Crippen molar-refractivity contribution >= 4 is 34.5 Å². The molecule has 0 aliphatic rings. The number of thiocarbonyl (C=S) groups is 1.